The maximum Gasteiger partial charge on any atom is 0.120 e. The predicted octanol–water partition coefficient (Wildman–Crippen LogP) is 2.74. The molecule has 1 saturated carbocycles. The van der Waals surface area contributed by atoms with Gasteiger partial charge in [0.05, 0.1) is 6.10 Å². The molecule has 2 unspecified atom stereocenters. The minimum atomic E-state index is 0.300. The monoisotopic (exact) mass is 249 g/mol. The number of nitrogens with one attached hydrogen (secondary N) is 1. The van der Waals surface area contributed by atoms with Crippen LogP contribution in [0.2, 0.25) is 0 Å². The normalized spacial score (nSPS) is 23.9. The van der Waals surface area contributed by atoms with Crippen LogP contribution in [0.3, 0.4) is 0 Å². The molecule has 100 valence electrons. The van der Waals surface area contributed by atoms with Crippen molar-refractivity contribution >= 4 is 0 Å². The van der Waals surface area contributed by atoms with E-state index < -0.39 is 0 Å². The highest BCUT2D eigenvalue weighted by Gasteiger charge is 2.22. The zero-order valence-corrected chi connectivity index (χ0v) is 11.3. The van der Waals surface area contributed by atoms with E-state index in [1.807, 2.05) is 13.1 Å². The molecule has 0 aromatic heterocycles. The van der Waals surface area contributed by atoms with E-state index in [0.29, 0.717) is 12.2 Å². The molecule has 0 bridgehead atoms. The second-order valence-electron chi connectivity index (χ2n) is 4.94. The second kappa shape index (κ2) is 6.76. The summed E-state index contributed by atoms with van der Waals surface area (Å²) in [7, 11) is 3.75. The van der Waals surface area contributed by atoms with Crippen LogP contribution in [-0.2, 0) is 11.3 Å². The number of hydrogen-bond donors (Lipinski definition) is 1. The summed E-state index contributed by atoms with van der Waals surface area (Å²) in [5.74, 6) is 0.976. The van der Waals surface area contributed by atoms with Crippen molar-refractivity contribution < 1.29 is 9.47 Å². The lowest BCUT2D eigenvalue weighted by molar-refractivity contribution is 0.0209. The Labute approximate surface area is 109 Å². The summed E-state index contributed by atoms with van der Waals surface area (Å²) in [5, 5.41) is 3.16. The molecular formula is C15H23NO2. The first kappa shape index (κ1) is 13.4. The van der Waals surface area contributed by atoms with Gasteiger partial charge in [0, 0.05) is 20.1 Å². The van der Waals surface area contributed by atoms with Gasteiger partial charge in [-0.15, -0.1) is 0 Å². The van der Waals surface area contributed by atoms with E-state index in [9.17, 15) is 0 Å². The van der Waals surface area contributed by atoms with Crippen LogP contribution >= 0.6 is 0 Å². The molecule has 0 radical (unpaired) electrons. The average molecular weight is 249 g/mol. The predicted molar refractivity (Wildman–Crippen MR) is 72.9 cm³/mol. The Balaban J connectivity index is 1.93. The topological polar surface area (TPSA) is 30.5 Å². The van der Waals surface area contributed by atoms with Crippen LogP contribution in [0.25, 0.3) is 0 Å². The Bertz CT molecular complexity index is 367. The fourth-order valence-electron chi connectivity index (χ4n) is 2.55. The van der Waals surface area contributed by atoms with Crippen molar-refractivity contribution in [2.24, 2.45) is 0 Å². The molecule has 1 aliphatic carbocycles. The fourth-order valence-corrected chi connectivity index (χ4v) is 2.55. The number of hydrogen-bond acceptors (Lipinski definition) is 3. The third-order valence-electron chi connectivity index (χ3n) is 3.49. The first-order valence-electron chi connectivity index (χ1n) is 6.75. The smallest absolute Gasteiger partial charge is 0.120 e. The summed E-state index contributed by atoms with van der Waals surface area (Å²) in [6, 6.07) is 8.32. The minimum Gasteiger partial charge on any atom is -0.490 e. The van der Waals surface area contributed by atoms with Crippen molar-refractivity contribution in [3.63, 3.8) is 0 Å². The van der Waals surface area contributed by atoms with Crippen LogP contribution in [0.15, 0.2) is 24.3 Å². The van der Waals surface area contributed by atoms with Crippen molar-refractivity contribution in [1.82, 2.24) is 5.32 Å². The quantitative estimate of drug-likeness (QED) is 0.870. The molecule has 3 heteroatoms. The van der Waals surface area contributed by atoms with Gasteiger partial charge in [-0.3, -0.25) is 0 Å². The molecule has 18 heavy (non-hydrogen) atoms. The van der Waals surface area contributed by atoms with E-state index in [4.69, 9.17) is 9.47 Å². The van der Waals surface area contributed by atoms with Crippen molar-refractivity contribution in [2.45, 2.75) is 44.4 Å². The van der Waals surface area contributed by atoms with Crippen molar-refractivity contribution in [3.05, 3.63) is 29.8 Å². The van der Waals surface area contributed by atoms with Gasteiger partial charge in [0.2, 0.25) is 0 Å². The first-order chi connectivity index (χ1) is 8.81. The highest BCUT2D eigenvalue weighted by atomic mass is 16.5. The number of rotatable bonds is 5. The van der Waals surface area contributed by atoms with Crippen LogP contribution < -0.4 is 10.1 Å². The van der Waals surface area contributed by atoms with E-state index in [-0.39, 0.29) is 0 Å². The Morgan fingerprint density at radius 3 is 2.89 bits per heavy atom. The summed E-state index contributed by atoms with van der Waals surface area (Å²) in [4.78, 5) is 0. The molecule has 1 aliphatic rings. The van der Waals surface area contributed by atoms with Gasteiger partial charge >= 0.3 is 0 Å². The van der Waals surface area contributed by atoms with Crippen molar-refractivity contribution in [2.75, 3.05) is 14.2 Å². The van der Waals surface area contributed by atoms with Gasteiger partial charge in [-0.25, -0.2) is 0 Å². The van der Waals surface area contributed by atoms with E-state index in [0.717, 1.165) is 31.6 Å². The van der Waals surface area contributed by atoms with E-state index in [2.05, 4.69) is 23.5 Å². The third-order valence-corrected chi connectivity index (χ3v) is 3.49. The van der Waals surface area contributed by atoms with Crippen LogP contribution in [-0.4, -0.2) is 26.4 Å². The Morgan fingerprint density at radius 1 is 1.28 bits per heavy atom. The van der Waals surface area contributed by atoms with Crippen LogP contribution in [0.5, 0.6) is 5.75 Å². The highest BCUT2D eigenvalue weighted by molar-refractivity contribution is 5.28. The van der Waals surface area contributed by atoms with Gasteiger partial charge in [0.25, 0.3) is 0 Å². The van der Waals surface area contributed by atoms with Crippen LogP contribution in [0.1, 0.15) is 31.2 Å². The van der Waals surface area contributed by atoms with Crippen LogP contribution in [0, 0.1) is 0 Å². The summed E-state index contributed by atoms with van der Waals surface area (Å²) in [6.45, 7) is 0.878. The van der Waals surface area contributed by atoms with Gasteiger partial charge in [-0.1, -0.05) is 12.1 Å². The third kappa shape index (κ3) is 3.72. The summed E-state index contributed by atoms with van der Waals surface area (Å²) in [6.07, 6.45) is 5.16. The molecule has 2 atom stereocenters. The SMILES string of the molecule is CNCc1cccc(OC2CCCC(OC)C2)c1. The highest BCUT2D eigenvalue weighted by Crippen LogP contribution is 2.25. The molecule has 1 fully saturated rings. The zero-order chi connectivity index (χ0) is 12.8. The Hall–Kier alpha value is -1.06. The van der Waals surface area contributed by atoms with Crippen LogP contribution in [0.4, 0.5) is 0 Å². The van der Waals surface area contributed by atoms with Gasteiger partial charge in [-0.05, 0) is 44.0 Å². The molecule has 0 aliphatic heterocycles. The standard InChI is InChI=1S/C15H23NO2/c1-16-11-12-5-3-7-14(9-12)18-15-8-4-6-13(10-15)17-2/h3,5,7,9,13,15-16H,4,6,8,10-11H2,1-2H3. The van der Waals surface area contributed by atoms with Crippen molar-refractivity contribution in [3.8, 4) is 5.75 Å². The molecule has 0 saturated heterocycles. The molecule has 2 rings (SSSR count). The van der Waals surface area contributed by atoms with Gasteiger partial charge in [0.1, 0.15) is 11.9 Å². The minimum absolute atomic E-state index is 0.300. The number of methoxy groups -OCH3 is 1. The molecule has 3 nitrogen and oxygen atoms in total. The molecule has 1 aromatic carbocycles. The van der Waals surface area contributed by atoms with Gasteiger partial charge in [0.15, 0.2) is 0 Å². The molecule has 0 spiro atoms. The molecule has 1 aromatic rings. The second-order valence-corrected chi connectivity index (χ2v) is 4.94. The van der Waals surface area contributed by atoms with E-state index >= 15 is 0 Å². The van der Waals surface area contributed by atoms with E-state index in [1.165, 1.54) is 12.0 Å². The van der Waals surface area contributed by atoms with Crippen molar-refractivity contribution in [1.29, 1.82) is 0 Å². The lowest BCUT2D eigenvalue weighted by Crippen LogP contribution is -2.29. The number of ether oxygens (including phenoxy) is 2. The molecule has 0 heterocycles. The van der Waals surface area contributed by atoms with E-state index in [1.54, 1.807) is 7.11 Å². The number of benzene rings is 1. The Morgan fingerprint density at radius 2 is 2.11 bits per heavy atom. The first-order valence-corrected chi connectivity index (χ1v) is 6.75. The largest absolute Gasteiger partial charge is 0.490 e. The summed E-state index contributed by atoms with van der Waals surface area (Å²) >= 11 is 0. The lowest BCUT2D eigenvalue weighted by atomic mass is 9.95. The maximum absolute atomic E-state index is 6.07. The molecule has 1 N–H and O–H groups in total. The summed E-state index contributed by atoms with van der Waals surface area (Å²) < 4.78 is 11.5. The van der Waals surface area contributed by atoms with Gasteiger partial charge in [-0.2, -0.15) is 0 Å². The fraction of sp³-hybridized carbons (Fsp3) is 0.600. The molecule has 0 amide bonds. The van der Waals surface area contributed by atoms with Gasteiger partial charge < -0.3 is 14.8 Å². The average Bonchev–Trinajstić information content (AvgIpc) is 2.40. The molecular weight excluding hydrogens is 226 g/mol. The Kier molecular flexibility index (Phi) is 5.02. The lowest BCUT2D eigenvalue weighted by Gasteiger charge is -2.28. The zero-order valence-electron chi connectivity index (χ0n) is 11.3. The maximum atomic E-state index is 6.07. The summed E-state index contributed by atoms with van der Waals surface area (Å²) in [5.41, 5.74) is 1.26.